The lowest BCUT2D eigenvalue weighted by molar-refractivity contribution is -0.161. The lowest BCUT2D eigenvalue weighted by Gasteiger charge is -2.19. The first kappa shape index (κ1) is 53.0. The minimum atomic E-state index is -4.27. The molecule has 0 fully saturated rings. The van der Waals surface area contributed by atoms with Crippen molar-refractivity contribution < 1.29 is 37.6 Å². The standard InChI is InChI=1S/C46H83O8P/c1-4-6-8-10-12-14-16-18-19-20-21-22-23-24-25-26-27-29-30-32-34-36-38-40-45(47)52-42-44(43-53-55(49,50)51-3)54-46(48)41-39-37-35-33-31-28-17-15-13-11-9-7-5-2/h7,9,13,15,20-21,28,31,44H,4-6,8,10-12,14,16-19,22-27,29-30,32-43H2,1-3H3,(H,49,50)/b9-7-,15-13-,21-20-,31-28-. The predicted octanol–water partition coefficient (Wildman–Crippen LogP) is 14.2. The van der Waals surface area contributed by atoms with Gasteiger partial charge in [0.1, 0.15) is 6.61 Å². The summed E-state index contributed by atoms with van der Waals surface area (Å²) in [7, 11) is -3.21. The van der Waals surface area contributed by atoms with Crippen molar-refractivity contribution in [2.45, 2.75) is 213 Å². The van der Waals surface area contributed by atoms with Gasteiger partial charge in [-0.25, -0.2) is 4.57 Å². The van der Waals surface area contributed by atoms with Gasteiger partial charge in [-0.2, -0.15) is 0 Å². The number of allylic oxidation sites excluding steroid dienone is 8. The first-order chi connectivity index (χ1) is 26.8. The zero-order valence-corrected chi connectivity index (χ0v) is 36.5. The lowest BCUT2D eigenvalue weighted by Crippen LogP contribution is -2.29. The van der Waals surface area contributed by atoms with Gasteiger partial charge in [-0.15, -0.1) is 0 Å². The van der Waals surface area contributed by atoms with Gasteiger partial charge in [0, 0.05) is 20.0 Å². The van der Waals surface area contributed by atoms with Crippen molar-refractivity contribution in [1.82, 2.24) is 0 Å². The number of ether oxygens (including phenoxy) is 2. The fourth-order valence-corrected chi connectivity index (χ4v) is 6.60. The molecule has 0 amide bonds. The molecule has 0 bridgehead atoms. The molecule has 0 aromatic rings. The quantitative estimate of drug-likeness (QED) is 0.0282. The van der Waals surface area contributed by atoms with Crippen LogP contribution in [-0.4, -0.2) is 43.3 Å². The van der Waals surface area contributed by atoms with E-state index in [-0.39, 0.29) is 25.4 Å². The third-order valence-corrected chi connectivity index (χ3v) is 10.5. The van der Waals surface area contributed by atoms with Crippen LogP contribution in [0.2, 0.25) is 0 Å². The van der Waals surface area contributed by atoms with Crippen LogP contribution in [0, 0.1) is 0 Å². The zero-order chi connectivity index (χ0) is 40.3. The minimum absolute atomic E-state index is 0.209. The normalized spacial score (nSPS) is 13.7. The molecule has 0 saturated carbocycles. The van der Waals surface area contributed by atoms with Gasteiger partial charge in [0.05, 0.1) is 6.61 Å². The summed E-state index contributed by atoms with van der Waals surface area (Å²) < 4.78 is 31.9. The van der Waals surface area contributed by atoms with Gasteiger partial charge in [0.2, 0.25) is 0 Å². The topological polar surface area (TPSA) is 108 Å². The summed E-state index contributed by atoms with van der Waals surface area (Å²) in [5.74, 6) is -0.837. The van der Waals surface area contributed by atoms with Gasteiger partial charge in [-0.3, -0.25) is 18.6 Å². The molecule has 2 unspecified atom stereocenters. The summed E-state index contributed by atoms with van der Waals surface area (Å²) in [5.41, 5.74) is 0. The van der Waals surface area contributed by atoms with E-state index >= 15 is 0 Å². The van der Waals surface area contributed by atoms with E-state index in [4.69, 9.17) is 14.0 Å². The molecule has 0 rings (SSSR count). The van der Waals surface area contributed by atoms with Crippen LogP contribution in [0.25, 0.3) is 0 Å². The molecule has 0 aliphatic carbocycles. The van der Waals surface area contributed by atoms with Gasteiger partial charge in [0.25, 0.3) is 0 Å². The number of carbonyl (C=O) groups excluding carboxylic acids is 2. The fraction of sp³-hybridized carbons (Fsp3) is 0.783. The van der Waals surface area contributed by atoms with E-state index in [0.717, 1.165) is 64.9 Å². The summed E-state index contributed by atoms with van der Waals surface area (Å²) in [4.78, 5) is 34.4. The van der Waals surface area contributed by atoms with Crippen molar-refractivity contribution in [2.24, 2.45) is 0 Å². The Morgan fingerprint density at radius 2 is 0.927 bits per heavy atom. The zero-order valence-electron chi connectivity index (χ0n) is 35.6. The highest BCUT2D eigenvalue weighted by Crippen LogP contribution is 2.42. The Hall–Kier alpha value is -1.99. The van der Waals surface area contributed by atoms with Gasteiger partial charge < -0.3 is 14.4 Å². The highest BCUT2D eigenvalue weighted by atomic mass is 31.2. The van der Waals surface area contributed by atoms with Crippen molar-refractivity contribution in [3.63, 3.8) is 0 Å². The molecule has 9 heteroatoms. The Morgan fingerprint density at radius 3 is 1.42 bits per heavy atom. The Bertz CT molecular complexity index is 1040. The Labute approximate surface area is 338 Å². The Morgan fingerprint density at radius 1 is 0.527 bits per heavy atom. The van der Waals surface area contributed by atoms with E-state index < -0.39 is 26.5 Å². The summed E-state index contributed by atoms with van der Waals surface area (Å²) in [5, 5.41) is 0. The molecule has 1 N–H and O–H groups in total. The summed E-state index contributed by atoms with van der Waals surface area (Å²) in [6.07, 6.45) is 50.4. The van der Waals surface area contributed by atoms with Crippen LogP contribution >= 0.6 is 7.82 Å². The van der Waals surface area contributed by atoms with Crippen molar-refractivity contribution in [2.75, 3.05) is 20.3 Å². The number of rotatable bonds is 41. The summed E-state index contributed by atoms with van der Waals surface area (Å²) in [6.45, 7) is 3.75. The monoisotopic (exact) mass is 795 g/mol. The number of phosphoric acid groups is 1. The molecule has 0 aliphatic rings. The Kier molecular flexibility index (Phi) is 40.1. The lowest BCUT2D eigenvalue weighted by atomic mass is 10.0. The first-order valence-electron chi connectivity index (χ1n) is 22.3. The van der Waals surface area contributed by atoms with Gasteiger partial charge in [0.15, 0.2) is 6.10 Å². The van der Waals surface area contributed by atoms with Gasteiger partial charge in [-0.1, -0.05) is 172 Å². The number of carbonyl (C=O) groups is 2. The van der Waals surface area contributed by atoms with Crippen LogP contribution in [0.1, 0.15) is 206 Å². The van der Waals surface area contributed by atoms with Crippen LogP contribution < -0.4 is 0 Å². The van der Waals surface area contributed by atoms with E-state index in [1.807, 2.05) is 0 Å². The predicted molar refractivity (Wildman–Crippen MR) is 230 cm³/mol. The molecular formula is C46H83O8P. The number of phosphoric ester groups is 1. The molecule has 0 saturated heterocycles. The van der Waals surface area contributed by atoms with Crippen LogP contribution in [0.4, 0.5) is 0 Å². The molecule has 0 spiro atoms. The molecule has 0 aromatic carbocycles. The number of hydrogen-bond acceptors (Lipinski definition) is 7. The first-order valence-corrected chi connectivity index (χ1v) is 23.8. The fourth-order valence-electron chi connectivity index (χ4n) is 6.14. The smallest absolute Gasteiger partial charge is 0.462 e. The van der Waals surface area contributed by atoms with Crippen molar-refractivity contribution >= 4 is 19.8 Å². The van der Waals surface area contributed by atoms with E-state index in [1.54, 1.807) is 0 Å². The van der Waals surface area contributed by atoms with Crippen molar-refractivity contribution in [3.8, 4) is 0 Å². The Balaban J connectivity index is 3.93. The van der Waals surface area contributed by atoms with Crippen LogP contribution in [0.5, 0.6) is 0 Å². The van der Waals surface area contributed by atoms with Crippen LogP contribution in [-0.2, 0) is 32.7 Å². The average molecular weight is 795 g/mol. The van der Waals surface area contributed by atoms with Crippen LogP contribution in [0.15, 0.2) is 48.6 Å². The van der Waals surface area contributed by atoms with Crippen molar-refractivity contribution in [3.05, 3.63) is 48.6 Å². The molecule has 0 aliphatic heterocycles. The van der Waals surface area contributed by atoms with Crippen molar-refractivity contribution in [1.29, 1.82) is 0 Å². The third-order valence-electron chi connectivity index (χ3n) is 9.56. The molecule has 2 atom stereocenters. The molecule has 8 nitrogen and oxygen atoms in total. The maximum absolute atomic E-state index is 12.5. The summed E-state index contributed by atoms with van der Waals surface area (Å²) in [6, 6.07) is 0. The molecule has 320 valence electrons. The average Bonchev–Trinajstić information content (AvgIpc) is 3.18. The second-order valence-electron chi connectivity index (χ2n) is 14.8. The largest absolute Gasteiger partial charge is 0.472 e. The SMILES string of the molecule is CC/C=C\C/C=C\C/C=C\CCCCCC(=O)OC(COC(=O)CCCCCCCCCCCCC/C=C\CCCCCCCCCC)COP(=O)(O)OC. The summed E-state index contributed by atoms with van der Waals surface area (Å²) >= 11 is 0. The molecule has 55 heavy (non-hydrogen) atoms. The second-order valence-corrected chi connectivity index (χ2v) is 16.4. The van der Waals surface area contributed by atoms with Gasteiger partial charge in [-0.05, 0) is 70.6 Å². The molecular weight excluding hydrogens is 711 g/mol. The number of unbranched alkanes of at least 4 members (excludes halogenated alkanes) is 22. The number of hydrogen-bond donors (Lipinski definition) is 1. The maximum Gasteiger partial charge on any atom is 0.472 e. The van der Waals surface area contributed by atoms with E-state index in [0.29, 0.717) is 6.42 Å². The molecule has 0 heterocycles. The minimum Gasteiger partial charge on any atom is -0.462 e. The highest BCUT2D eigenvalue weighted by molar-refractivity contribution is 7.47. The maximum atomic E-state index is 12.5. The molecule has 0 aromatic heterocycles. The highest BCUT2D eigenvalue weighted by Gasteiger charge is 2.24. The van der Waals surface area contributed by atoms with E-state index in [9.17, 15) is 19.0 Å². The van der Waals surface area contributed by atoms with E-state index in [1.165, 1.54) is 116 Å². The number of esters is 2. The van der Waals surface area contributed by atoms with Gasteiger partial charge >= 0.3 is 19.8 Å². The van der Waals surface area contributed by atoms with E-state index in [2.05, 4.69) is 67.0 Å². The van der Waals surface area contributed by atoms with Crippen LogP contribution in [0.3, 0.4) is 0 Å². The molecule has 0 radical (unpaired) electrons. The second kappa shape index (κ2) is 41.6. The third kappa shape index (κ3) is 41.5.